The highest BCUT2D eigenvalue weighted by atomic mass is 35.5. The monoisotopic (exact) mass is 344 g/mol. The molecule has 0 spiro atoms. The number of fused-ring (bicyclic) bond motifs is 1. The lowest BCUT2D eigenvalue weighted by molar-refractivity contribution is -0.137. The van der Waals surface area contributed by atoms with Gasteiger partial charge in [-0.1, -0.05) is 23.7 Å². The zero-order chi connectivity index (χ0) is 17.1. The number of rotatable bonds is 5. The Morgan fingerprint density at radius 2 is 1.92 bits per heavy atom. The maximum Gasteiger partial charge on any atom is 0.306 e. The first kappa shape index (κ1) is 16.1. The van der Waals surface area contributed by atoms with Crippen LogP contribution in [-0.4, -0.2) is 17.7 Å². The summed E-state index contributed by atoms with van der Waals surface area (Å²) in [5.74, 6) is -0.485. The second kappa shape index (κ2) is 6.76. The van der Waals surface area contributed by atoms with Gasteiger partial charge in [0.15, 0.2) is 5.43 Å². The van der Waals surface area contributed by atoms with Gasteiger partial charge in [0.25, 0.3) is 0 Å². The molecule has 0 amide bonds. The summed E-state index contributed by atoms with van der Waals surface area (Å²) in [6, 6.07) is 11.7. The predicted molar refractivity (Wildman–Crippen MR) is 90.7 cm³/mol. The Morgan fingerprint density at radius 3 is 2.62 bits per heavy atom. The van der Waals surface area contributed by atoms with Crippen molar-refractivity contribution in [3.05, 3.63) is 64.0 Å². The zero-order valence-corrected chi connectivity index (χ0v) is 13.2. The van der Waals surface area contributed by atoms with Crippen molar-refractivity contribution in [2.75, 3.05) is 6.61 Å². The van der Waals surface area contributed by atoms with Gasteiger partial charge in [0.05, 0.1) is 24.0 Å². The van der Waals surface area contributed by atoms with Gasteiger partial charge >= 0.3 is 5.97 Å². The first-order chi connectivity index (χ1) is 11.5. The molecule has 1 N–H and O–H groups in total. The summed E-state index contributed by atoms with van der Waals surface area (Å²) in [5, 5.41) is 9.62. The first-order valence-electron chi connectivity index (χ1n) is 7.21. The van der Waals surface area contributed by atoms with Crippen molar-refractivity contribution in [2.45, 2.75) is 6.42 Å². The highest BCUT2D eigenvalue weighted by Gasteiger charge is 2.10. The van der Waals surface area contributed by atoms with Crippen molar-refractivity contribution < 1.29 is 19.1 Å². The number of hydrogen-bond donors (Lipinski definition) is 1. The Bertz CT molecular complexity index is 944. The van der Waals surface area contributed by atoms with E-state index in [0.717, 1.165) is 5.56 Å². The fraction of sp³-hybridized carbons (Fsp3) is 0.111. The van der Waals surface area contributed by atoms with Gasteiger partial charge in [-0.25, -0.2) is 0 Å². The van der Waals surface area contributed by atoms with E-state index in [0.29, 0.717) is 27.3 Å². The summed E-state index contributed by atoms with van der Waals surface area (Å²) < 4.78 is 10.9. The summed E-state index contributed by atoms with van der Waals surface area (Å²) in [4.78, 5) is 23.1. The summed E-state index contributed by atoms with van der Waals surface area (Å²) in [6.07, 6.45) is 1.30. The minimum absolute atomic E-state index is 0.0495. The molecule has 3 aromatic rings. The van der Waals surface area contributed by atoms with E-state index in [4.69, 9.17) is 25.9 Å². The van der Waals surface area contributed by atoms with E-state index in [9.17, 15) is 9.59 Å². The Balaban J connectivity index is 1.93. The quantitative estimate of drug-likeness (QED) is 0.758. The maximum absolute atomic E-state index is 12.6. The lowest BCUT2D eigenvalue weighted by atomic mass is 10.1. The minimum Gasteiger partial charge on any atom is -0.493 e. The van der Waals surface area contributed by atoms with Gasteiger partial charge in [-0.2, -0.15) is 0 Å². The van der Waals surface area contributed by atoms with Gasteiger partial charge in [0.2, 0.25) is 0 Å². The lowest BCUT2D eigenvalue weighted by Crippen LogP contribution is -2.06. The van der Waals surface area contributed by atoms with Gasteiger partial charge in [0.1, 0.15) is 17.6 Å². The van der Waals surface area contributed by atoms with Crippen LogP contribution in [0.4, 0.5) is 0 Å². The van der Waals surface area contributed by atoms with Crippen LogP contribution in [0.1, 0.15) is 6.42 Å². The molecule has 0 aliphatic rings. The SMILES string of the molecule is O=C(O)CCOc1ccc2c(=O)c(-c3ccc(Cl)cc3)coc2c1. The molecule has 6 heteroatoms. The number of hydrogen-bond acceptors (Lipinski definition) is 4. The average molecular weight is 345 g/mol. The first-order valence-corrected chi connectivity index (χ1v) is 7.58. The van der Waals surface area contributed by atoms with Crippen LogP contribution in [0.5, 0.6) is 5.75 Å². The molecule has 0 aliphatic heterocycles. The van der Waals surface area contributed by atoms with Gasteiger partial charge in [-0.15, -0.1) is 0 Å². The smallest absolute Gasteiger partial charge is 0.306 e. The standard InChI is InChI=1S/C18H13ClO5/c19-12-3-1-11(2-4-12)15-10-24-16-9-13(23-8-7-17(20)21)5-6-14(16)18(15)22/h1-6,9-10H,7-8H2,(H,20,21). The summed E-state index contributed by atoms with van der Waals surface area (Å²) >= 11 is 5.86. The van der Waals surface area contributed by atoms with E-state index in [2.05, 4.69) is 0 Å². The molecular formula is C18H13ClO5. The molecule has 0 fully saturated rings. The van der Waals surface area contributed by atoms with E-state index >= 15 is 0 Å². The van der Waals surface area contributed by atoms with Crippen molar-refractivity contribution in [2.24, 2.45) is 0 Å². The molecular weight excluding hydrogens is 332 g/mol. The van der Waals surface area contributed by atoms with Crippen LogP contribution in [0.25, 0.3) is 22.1 Å². The van der Waals surface area contributed by atoms with Crippen LogP contribution >= 0.6 is 11.6 Å². The molecule has 5 nitrogen and oxygen atoms in total. The van der Waals surface area contributed by atoms with Crippen LogP contribution in [0, 0.1) is 0 Å². The lowest BCUT2D eigenvalue weighted by Gasteiger charge is -2.06. The number of halogens is 1. The third-order valence-electron chi connectivity index (χ3n) is 3.49. The normalized spacial score (nSPS) is 10.7. The van der Waals surface area contributed by atoms with Gasteiger partial charge < -0.3 is 14.3 Å². The van der Waals surface area contributed by atoms with Crippen molar-refractivity contribution in [3.8, 4) is 16.9 Å². The molecule has 0 saturated carbocycles. The van der Waals surface area contributed by atoms with Gasteiger partial charge in [-0.05, 0) is 29.8 Å². The van der Waals surface area contributed by atoms with Gasteiger partial charge in [-0.3, -0.25) is 9.59 Å². The second-order valence-corrected chi connectivity index (χ2v) is 5.57. The van der Waals surface area contributed by atoms with Crippen LogP contribution < -0.4 is 10.2 Å². The molecule has 0 aliphatic carbocycles. The molecule has 1 aromatic heterocycles. The Morgan fingerprint density at radius 1 is 1.17 bits per heavy atom. The largest absolute Gasteiger partial charge is 0.493 e. The zero-order valence-electron chi connectivity index (χ0n) is 12.5. The van der Waals surface area contributed by atoms with Crippen LogP contribution in [0.3, 0.4) is 0 Å². The Hall–Kier alpha value is -2.79. The average Bonchev–Trinajstić information content (AvgIpc) is 2.56. The van der Waals surface area contributed by atoms with Crippen molar-refractivity contribution in [1.29, 1.82) is 0 Å². The highest BCUT2D eigenvalue weighted by molar-refractivity contribution is 6.30. The van der Waals surface area contributed by atoms with E-state index in [1.165, 1.54) is 6.26 Å². The molecule has 0 atom stereocenters. The molecule has 0 bridgehead atoms. The second-order valence-electron chi connectivity index (χ2n) is 5.14. The molecule has 0 radical (unpaired) electrons. The number of carbonyl (C=O) groups is 1. The third-order valence-corrected chi connectivity index (χ3v) is 3.74. The van der Waals surface area contributed by atoms with E-state index < -0.39 is 5.97 Å². The number of carboxylic acids is 1. The molecule has 3 rings (SSSR count). The fourth-order valence-electron chi connectivity index (χ4n) is 2.28. The summed E-state index contributed by atoms with van der Waals surface area (Å²) in [7, 11) is 0. The fourth-order valence-corrected chi connectivity index (χ4v) is 2.41. The van der Waals surface area contributed by atoms with E-state index in [1.54, 1.807) is 42.5 Å². The predicted octanol–water partition coefficient (Wildman–Crippen LogP) is 3.97. The molecule has 122 valence electrons. The van der Waals surface area contributed by atoms with Crippen molar-refractivity contribution in [1.82, 2.24) is 0 Å². The van der Waals surface area contributed by atoms with Crippen LogP contribution in [-0.2, 0) is 4.79 Å². The maximum atomic E-state index is 12.6. The summed E-state index contributed by atoms with van der Waals surface area (Å²) in [6.45, 7) is 0.0495. The number of ether oxygens (including phenoxy) is 1. The third kappa shape index (κ3) is 3.41. The van der Waals surface area contributed by atoms with Gasteiger partial charge in [0, 0.05) is 11.1 Å². The molecule has 24 heavy (non-hydrogen) atoms. The van der Waals surface area contributed by atoms with Crippen LogP contribution in [0.15, 0.2) is 57.9 Å². The number of carboxylic acid groups (broad SMARTS) is 1. The van der Waals surface area contributed by atoms with E-state index in [-0.39, 0.29) is 18.5 Å². The Labute approximate surface area is 142 Å². The molecule has 1 heterocycles. The topological polar surface area (TPSA) is 76.7 Å². The molecule has 0 saturated heterocycles. The molecule has 2 aromatic carbocycles. The highest BCUT2D eigenvalue weighted by Crippen LogP contribution is 2.24. The Kier molecular flexibility index (Phi) is 4.53. The number of benzene rings is 2. The molecule has 0 unspecified atom stereocenters. The summed E-state index contributed by atoms with van der Waals surface area (Å²) in [5.41, 5.74) is 1.39. The minimum atomic E-state index is -0.935. The van der Waals surface area contributed by atoms with Crippen LogP contribution in [0.2, 0.25) is 5.02 Å². The van der Waals surface area contributed by atoms with Crippen molar-refractivity contribution in [3.63, 3.8) is 0 Å². The van der Waals surface area contributed by atoms with E-state index in [1.807, 2.05) is 0 Å². The number of aliphatic carboxylic acids is 1. The van der Waals surface area contributed by atoms with Crippen molar-refractivity contribution >= 4 is 28.5 Å².